The zero-order valence-corrected chi connectivity index (χ0v) is 48.9. The minimum Gasteiger partial charge on any atom is -0.457 e. The molecule has 0 radical (unpaired) electrons. The maximum absolute atomic E-state index is 14.2. The van der Waals surface area contributed by atoms with Gasteiger partial charge in [0.2, 0.25) is 5.79 Å². The summed E-state index contributed by atoms with van der Waals surface area (Å²) in [5.74, 6) is -4.09. The molecule has 4 saturated heterocycles. The van der Waals surface area contributed by atoms with Crippen molar-refractivity contribution in [2.45, 2.75) is 263 Å². The summed E-state index contributed by atoms with van der Waals surface area (Å²) < 4.78 is 51.0. The Bertz CT molecular complexity index is 2000. The number of allylic oxidation sites excluding steroid dienone is 1. The van der Waals surface area contributed by atoms with Gasteiger partial charge < -0.3 is 53.1 Å². The van der Waals surface area contributed by atoms with Gasteiger partial charge in [0.1, 0.15) is 29.7 Å². The zero-order valence-electron chi connectivity index (χ0n) is 47.9. The number of nitrogens with one attached hydrogen (secondary N) is 1. The molecular weight excluding hydrogens is 963 g/mol. The SMILES string of the molecule is C=CCOC(=O)NC[C@@H](C)[C@H](C)CC(=C)C(=O)CCCC(=C)C[C@H]1CC[C@](C)(O)[C@@]2(CC[C@]3(CCC[C@@H](CC(=O)C[C@H](C)[C@H](O[Si](C)(C)C(C)(C)C)[C@@H]4OC(C)(C)O[C@@H]4CC(O)C(=C)C(=O)OC(C)(C)C)O3)O2)O1. The second-order valence-corrected chi connectivity index (χ2v) is 30.2. The van der Waals surface area contributed by atoms with Crippen LogP contribution in [0.2, 0.25) is 18.1 Å². The van der Waals surface area contributed by atoms with E-state index in [1.54, 1.807) is 27.7 Å². The molecule has 0 aromatic rings. The number of esters is 1. The van der Waals surface area contributed by atoms with Gasteiger partial charge in [-0.05, 0) is 134 Å². The van der Waals surface area contributed by atoms with Gasteiger partial charge in [-0.25, -0.2) is 9.59 Å². The van der Waals surface area contributed by atoms with Gasteiger partial charge in [-0.1, -0.05) is 79.5 Å². The second kappa shape index (κ2) is 25.6. The van der Waals surface area contributed by atoms with Crippen molar-refractivity contribution >= 4 is 31.9 Å². The van der Waals surface area contributed by atoms with E-state index in [1.807, 2.05) is 34.6 Å². The fourth-order valence-electron chi connectivity index (χ4n) is 10.3. The summed E-state index contributed by atoms with van der Waals surface area (Å²) in [4.78, 5) is 52.1. The van der Waals surface area contributed by atoms with Crippen LogP contribution in [-0.2, 0) is 52.0 Å². The standard InChI is InChI=1S/C58H97NO14Si/c1-19-30-66-52(64)59-36-41(6)38(3)32-39(4)46(61)24-20-22-37(2)31-45-25-27-56(16,65)58(68-45)29-28-57(73-58)26-21-23-44(67-57)34-43(60)33-40(5)49(72-74(17,18)54(11,12)13)50-48(69-55(14,15)70-50)35-47(62)42(7)51(63)71-53(8,9)10/h19,38,40-41,44-45,47-50,62,65H,1-2,4,7,20-36H2,3,5-6,8-18H3,(H,59,64)/t38-,40+,41-,44+,45-,47?,48-,49+,50-,56+,57+,58+/m1/s1. The molecular formula is C58H97NO14Si. The third-order valence-electron chi connectivity index (χ3n) is 15.9. The predicted molar refractivity (Wildman–Crippen MR) is 288 cm³/mol. The number of amides is 1. The third kappa shape index (κ3) is 17.7. The van der Waals surface area contributed by atoms with Crippen molar-refractivity contribution in [2.24, 2.45) is 17.8 Å². The summed E-state index contributed by atoms with van der Waals surface area (Å²) in [6, 6.07) is 0. The smallest absolute Gasteiger partial charge is 0.407 e. The number of aliphatic hydroxyl groups is 2. The summed E-state index contributed by atoms with van der Waals surface area (Å²) in [5, 5.41) is 25.8. The Labute approximate surface area is 445 Å². The number of hydrogen-bond acceptors (Lipinski definition) is 14. The van der Waals surface area contributed by atoms with Crippen LogP contribution in [-0.4, -0.2) is 120 Å². The van der Waals surface area contributed by atoms with Crippen molar-refractivity contribution in [1.82, 2.24) is 5.32 Å². The lowest BCUT2D eigenvalue weighted by molar-refractivity contribution is -0.400. The maximum Gasteiger partial charge on any atom is 0.407 e. The van der Waals surface area contributed by atoms with Crippen LogP contribution in [0, 0.1) is 17.8 Å². The largest absolute Gasteiger partial charge is 0.457 e. The van der Waals surface area contributed by atoms with Crippen molar-refractivity contribution in [1.29, 1.82) is 0 Å². The lowest BCUT2D eigenvalue weighted by Gasteiger charge is -2.50. The Kier molecular flexibility index (Phi) is 22.0. The third-order valence-corrected chi connectivity index (χ3v) is 20.4. The minimum atomic E-state index is -2.48. The number of ketones is 2. The second-order valence-electron chi connectivity index (χ2n) is 25.4. The fraction of sp³-hybridized carbons (Fsp3) is 0.793. The van der Waals surface area contributed by atoms with Gasteiger partial charge in [-0.3, -0.25) is 9.59 Å². The van der Waals surface area contributed by atoms with Crippen LogP contribution in [0.15, 0.2) is 49.1 Å². The number of alkyl carbamates (subject to hydrolysis) is 1. The molecule has 74 heavy (non-hydrogen) atoms. The molecule has 0 aromatic heterocycles. The lowest BCUT2D eigenvalue weighted by Crippen LogP contribution is -2.60. The monoisotopic (exact) mass is 1060 g/mol. The normalized spacial score (nSPS) is 29.2. The zero-order chi connectivity index (χ0) is 55.8. The molecule has 4 aliphatic heterocycles. The van der Waals surface area contributed by atoms with E-state index in [9.17, 15) is 29.4 Å². The summed E-state index contributed by atoms with van der Waals surface area (Å²) >= 11 is 0. The van der Waals surface area contributed by atoms with E-state index in [1.165, 1.54) is 6.08 Å². The lowest BCUT2D eigenvalue weighted by atomic mass is 9.82. The van der Waals surface area contributed by atoms with Crippen LogP contribution in [0.1, 0.15) is 179 Å². The van der Waals surface area contributed by atoms with E-state index in [4.69, 9.17) is 37.6 Å². The van der Waals surface area contributed by atoms with Gasteiger partial charge in [0.25, 0.3) is 0 Å². The van der Waals surface area contributed by atoms with Crippen molar-refractivity contribution in [3.8, 4) is 0 Å². The Morgan fingerprint density at radius 1 is 0.838 bits per heavy atom. The predicted octanol–water partition coefficient (Wildman–Crippen LogP) is 11.0. The van der Waals surface area contributed by atoms with Crippen LogP contribution >= 0.6 is 0 Å². The number of carbonyl (C=O) groups is 4. The number of rotatable bonds is 26. The number of ether oxygens (including phenoxy) is 7. The number of Topliss-reactive ketones (excluding diaryl/α,β-unsaturated/α-hetero) is 2. The fourth-order valence-corrected chi connectivity index (χ4v) is 11.7. The molecule has 0 saturated carbocycles. The van der Waals surface area contributed by atoms with E-state index in [0.29, 0.717) is 82.7 Å². The molecule has 2 spiro atoms. The molecule has 1 unspecified atom stereocenters. The van der Waals surface area contributed by atoms with E-state index < -0.39 is 79.5 Å². The van der Waals surface area contributed by atoms with E-state index >= 15 is 0 Å². The quantitative estimate of drug-likeness (QED) is 0.0320. The van der Waals surface area contributed by atoms with Crippen LogP contribution in [0.25, 0.3) is 0 Å². The van der Waals surface area contributed by atoms with Crippen molar-refractivity contribution < 1.29 is 67.0 Å². The molecule has 16 heteroatoms. The summed E-state index contributed by atoms with van der Waals surface area (Å²) in [6.07, 6.45) is 4.30. The Hall–Kier alpha value is -3.06. The van der Waals surface area contributed by atoms with Crippen LogP contribution in [0.4, 0.5) is 4.79 Å². The first kappa shape index (κ1) is 63.5. The van der Waals surface area contributed by atoms with E-state index in [0.717, 1.165) is 12.0 Å². The van der Waals surface area contributed by atoms with Crippen LogP contribution < -0.4 is 5.32 Å². The molecule has 4 heterocycles. The molecule has 12 atom stereocenters. The molecule has 0 aliphatic carbocycles. The van der Waals surface area contributed by atoms with Crippen molar-refractivity contribution in [3.05, 3.63) is 49.1 Å². The number of hydrogen-bond donors (Lipinski definition) is 3. The van der Waals surface area contributed by atoms with Gasteiger partial charge in [-0.2, -0.15) is 0 Å². The molecule has 4 fully saturated rings. The molecule has 0 aromatic carbocycles. The van der Waals surface area contributed by atoms with Crippen molar-refractivity contribution in [2.75, 3.05) is 13.2 Å². The Balaban J connectivity index is 1.35. The van der Waals surface area contributed by atoms with Gasteiger partial charge in [0, 0.05) is 51.5 Å². The Morgan fingerprint density at radius 2 is 1.50 bits per heavy atom. The highest BCUT2D eigenvalue weighted by Gasteiger charge is 2.63. The summed E-state index contributed by atoms with van der Waals surface area (Å²) in [5.41, 5.74) is -0.584. The molecule has 4 rings (SSSR count). The van der Waals surface area contributed by atoms with Gasteiger partial charge in [0.05, 0.1) is 36.1 Å². The van der Waals surface area contributed by atoms with Gasteiger partial charge in [-0.15, -0.1) is 0 Å². The van der Waals surface area contributed by atoms with E-state index in [2.05, 4.69) is 65.5 Å². The summed E-state index contributed by atoms with van der Waals surface area (Å²) in [7, 11) is -2.48. The molecule has 0 bridgehead atoms. The molecule has 3 N–H and O–H groups in total. The average molecular weight is 1060 g/mol. The molecule has 1 amide bonds. The highest BCUT2D eigenvalue weighted by molar-refractivity contribution is 6.74. The topological polar surface area (TPSA) is 195 Å². The Morgan fingerprint density at radius 3 is 2.14 bits per heavy atom. The number of carbonyl (C=O) groups excluding carboxylic acids is 4. The first-order chi connectivity index (χ1) is 34.0. The van der Waals surface area contributed by atoms with Crippen molar-refractivity contribution in [3.63, 3.8) is 0 Å². The maximum atomic E-state index is 14.2. The number of aliphatic hydroxyl groups excluding tert-OH is 1. The first-order valence-electron chi connectivity index (χ1n) is 27.4. The summed E-state index contributed by atoms with van der Waals surface area (Å²) in [6.45, 7) is 43.9. The van der Waals surface area contributed by atoms with E-state index in [-0.39, 0.29) is 71.9 Å². The highest BCUT2D eigenvalue weighted by atomic mass is 28.4. The molecule has 15 nitrogen and oxygen atoms in total. The first-order valence-corrected chi connectivity index (χ1v) is 30.3. The molecule has 4 aliphatic rings. The average Bonchev–Trinajstić information content (AvgIpc) is 3.78. The molecule has 422 valence electrons. The van der Waals surface area contributed by atoms with Crippen LogP contribution in [0.3, 0.4) is 0 Å². The van der Waals surface area contributed by atoms with Crippen LogP contribution in [0.5, 0.6) is 0 Å². The minimum absolute atomic E-state index is 0.00654. The highest BCUT2D eigenvalue weighted by Crippen LogP contribution is 2.54. The van der Waals surface area contributed by atoms with Gasteiger partial charge >= 0.3 is 12.1 Å². The van der Waals surface area contributed by atoms with Gasteiger partial charge in [0.15, 0.2) is 25.7 Å².